The van der Waals surface area contributed by atoms with Crippen molar-refractivity contribution in [3.63, 3.8) is 0 Å². The number of hydrogen-bond donors (Lipinski definition) is 0. The van der Waals surface area contributed by atoms with Crippen LogP contribution in [0.1, 0.15) is 39.4 Å². The maximum atomic E-state index is 11.8. The Morgan fingerprint density at radius 1 is 1.23 bits per heavy atom. The topological polar surface area (TPSA) is 53.4 Å². The first kappa shape index (κ1) is 15.5. The molecule has 2 heterocycles. The molecule has 0 unspecified atom stereocenters. The normalized spacial score (nSPS) is 19.8. The number of hydrogen-bond acceptors (Lipinski definition) is 4. The highest BCUT2D eigenvalue weighted by molar-refractivity contribution is 6.64. The Balaban J connectivity index is 2.15. The standard InChI is InChI=1S/C15H18BClN2O3/c1-9(20)19-12-8-10(17)6-7-11(12)13(18-19)16-21-14(2,3)15(4,5)22-16/h6-8H,1-5H3. The third-order valence-electron chi connectivity index (χ3n) is 4.45. The second-order valence-electron chi connectivity index (χ2n) is 6.57. The predicted molar refractivity (Wildman–Crippen MR) is 86.8 cm³/mol. The number of fused-ring (bicyclic) bond motifs is 1. The summed E-state index contributed by atoms with van der Waals surface area (Å²) < 4.78 is 13.4. The van der Waals surface area contributed by atoms with Crippen molar-refractivity contribution in [1.82, 2.24) is 9.78 Å². The van der Waals surface area contributed by atoms with Gasteiger partial charge in [0.1, 0.15) is 5.59 Å². The zero-order valence-corrected chi connectivity index (χ0v) is 14.1. The SMILES string of the molecule is CC(=O)n1nc(B2OC(C)(C)C(C)(C)O2)c2ccc(Cl)cc21. The van der Waals surface area contributed by atoms with E-state index in [0.29, 0.717) is 16.1 Å². The summed E-state index contributed by atoms with van der Waals surface area (Å²) in [5.74, 6) is -0.185. The Morgan fingerprint density at radius 2 is 1.82 bits per heavy atom. The summed E-state index contributed by atoms with van der Waals surface area (Å²) >= 11 is 6.04. The van der Waals surface area contributed by atoms with E-state index >= 15 is 0 Å². The number of nitrogens with zero attached hydrogens (tertiary/aromatic N) is 2. The monoisotopic (exact) mass is 320 g/mol. The molecule has 1 aromatic carbocycles. The lowest BCUT2D eigenvalue weighted by molar-refractivity contribution is 0.00578. The van der Waals surface area contributed by atoms with Crippen LogP contribution in [0, 0.1) is 0 Å². The molecular weight excluding hydrogens is 302 g/mol. The van der Waals surface area contributed by atoms with Crippen LogP contribution in [0.3, 0.4) is 0 Å². The molecule has 0 amide bonds. The van der Waals surface area contributed by atoms with Crippen LogP contribution in [0.2, 0.25) is 5.02 Å². The highest BCUT2D eigenvalue weighted by Gasteiger charge is 2.53. The molecule has 2 aromatic rings. The first-order valence-electron chi connectivity index (χ1n) is 7.17. The van der Waals surface area contributed by atoms with E-state index in [0.717, 1.165) is 5.39 Å². The van der Waals surface area contributed by atoms with Gasteiger partial charge in [-0.3, -0.25) is 4.79 Å². The highest BCUT2D eigenvalue weighted by atomic mass is 35.5. The number of carbonyl (C=O) groups excluding carboxylic acids is 1. The number of aromatic nitrogens is 2. The van der Waals surface area contributed by atoms with Gasteiger partial charge in [0.2, 0.25) is 5.91 Å². The fourth-order valence-electron chi connectivity index (χ4n) is 2.48. The van der Waals surface area contributed by atoms with E-state index in [2.05, 4.69) is 5.10 Å². The van der Waals surface area contributed by atoms with Gasteiger partial charge in [-0.2, -0.15) is 5.10 Å². The van der Waals surface area contributed by atoms with Gasteiger partial charge >= 0.3 is 7.12 Å². The Kier molecular flexibility index (Phi) is 3.40. The average molecular weight is 321 g/mol. The van der Waals surface area contributed by atoms with Crippen LogP contribution in [0.5, 0.6) is 0 Å². The summed E-state index contributed by atoms with van der Waals surface area (Å²) in [6.07, 6.45) is 0. The maximum Gasteiger partial charge on any atom is 0.517 e. The molecule has 5 nitrogen and oxygen atoms in total. The summed E-state index contributed by atoms with van der Waals surface area (Å²) in [6.45, 7) is 9.38. The van der Waals surface area contributed by atoms with E-state index in [9.17, 15) is 4.79 Å². The predicted octanol–water partition coefficient (Wildman–Crippen LogP) is 2.65. The van der Waals surface area contributed by atoms with Gasteiger partial charge in [-0.25, -0.2) is 4.68 Å². The van der Waals surface area contributed by atoms with Gasteiger partial charge in [-0.15, -0.1) is 0 Å². The lowest BCUT2D eigenvalue weighted by atomic mass is 9.82. The zero-order valence-electron chi connectivity index (χ0n) is 13.3. The minimum atomic E-state index is -0.616. The lowest BCUT2D eigenvalue weighted by Crippen LogP contribution is -2.41. The molecule has 0 atom stereocenters. The summed E-state index contributed by atoms with van der Waals surface area (Å²) in [7, 11) is -0.616. The van der Waals surface area contributed by atoms with Gasteiger partial charge in [0, 0.05) is 17.3 Å². The molecule has 1 aromatic heterocycles. The fraction of sp³-hybridized carbons (Fsp3) is 0.467. The molecule has 0 aliphatic carbocycles. The zero-order chi connectivity index (χ0) is 16.3. The van der Waals surface area contributed by atoms with E-state index in [4.69, 9.17) is 20.9 Å². The van der Waals surface area contributed by atoms with Crippen molar-refractivity contribution in [1.29, 1.82) is 0 Å². The second-order valence-corrected chi connectivity index (χ2v) is 7.00. The van der Waals surface area contributed by atoms with Gasteiger partial charge in [0.15, 0.2) is 0 Å². The average Bonchev–Trinajstić information content (AvgIpc) is 2.84. The van der Waals surface area contributed by atoms with E-state index < -0.39 is 18.3 Å². The van der Waals surface area contributed by atoms with Crippen molar-refractivity contribution < 1.29 is 14.1 Å². The second kappa shape index (κ2) is 4.81. The molecule has 1 saturated heterocycles. The molecular formula is C15H18BClN2O3. The molecule has 7 heteroatoms. The van der Waals surface area contributed by atoms with Gasteiger partial charge < -0.3 is 9.31 Å². The molecule has 1 fully saturated rings. The molecule has 0 saturated carbocycles. The van der Waals surface area contributed by atoms with Crippen molar-refractivity contribution in [3.05, 3.63) is 23.2 Å². The van der Waals surface area contributed by atoms with Gasteiger partial charge in [0.25, 0.3) is 0 Å². The molecule has 0 bridgehead atoms. The van der Waals surface area contributed by atoms with Gasteiger partial charge in [-0.05, 0) is 39.8 Å². The lowest BCUT2D eigenvalue weighted by Gasteiger charge is -2.32. The summed E-state index contributed by atoms with van der Waals surface area (Å²) in [4.78, 5) is 11.8. The van der Waals surface area contributed by atoms with Crippen LogP contribution < -0.4 is 5.59 Å². The van der Waals surface area contributed by atoms with Gasteiger partial charge in [-0.1, -0.05) is 17.7 Å². The van der Waals surface area contributed by atoms with E-state index in [-0.39, 0.29) is 5.91 Å². The first-order chi connectivity index (χ1) is 10.1. The smallest absolute Gasteiger partial charge is 0.398 e. The summed E-state index contributed by atoms with van der Waals surface area (Å²) in [6, 6.07) is 5.33. The van der Waals surface area contributed by atoms with Crippen LogP contribution in [0.15, 0.2) is 18.2 Å². The quantitative estimate of drug-likeness (QED) is 0.758. The van der Waals surface area contributed by atoms with Crippen molar-refractivity contribution in [3.8, 4) is 0 Å². The molecule has 22 heavy (non-hydrogen) atoms. The van der Waals surface area contributed by atoms with Crippen LogP contribution in [0.4, 0.5) is 0 Å². The number of rotatable bonds is 1. The van der Waals surface area contributed by atoms with E-state index in [1.807, 2.05) is 33.8 Å². The Hall–Kier alpha value is -1.37. The molecule has 116 valence electrons. The van der Waals surface area contributed by atoms with Crippen LogP contribution in [-0.2, 0) is 9.31 Å². The van der Waals surface area contributed by atoms with Crippen LogP contribution in [-0.4, -0.2) is 34.0 Å². The minimum absolute atomic E-state index is 0.185. The third-order valence-corrected chi connectivity index (χ3v) is 4.68. The summed E-state index contributed by atoms with van der Waals surface area (Å²) in [5, 5.41) is 5.76. The fourth-order valence-corrected chi connectivity index (χ4v) is 2.65. The van der Waals surface area contributed by atoms with E-state index in [1.165, 1.54) is 11.6 Å². The van der Waals surface area contributed by atoms with Crippen LogP contribution in [0.25, 0.3) is 10.9 Å². The Labute approximate surface area is 134 Å². The van der Waals surface area contributed by atoms with Gasteiger partial charge in [0.05, 0.1) is 16.7 Å². The minimum Gasteiger partial charge on any atom is -0.398 e. The van der Waals surface area contributed by atoms with Crippen molar-refractivity contribution in [2.45, 2.75) is 45.8 Å². The molecule has 1 aliphatic rings. The molecule has 0 radical (unpaired) electrons. The number of halogens is 1. The van der Waals surface area contributed by atoms with Crippen molar-refractivity contribution in [2.24, 2.45) is 0 Å². The molecule has 1 aliphatic heterocycles. The summed E-state index contributed by atoms with van der Waals surface area (Å²) in [5.41, 5.74) is 0.331. The molecule has 0 N–H and O–H groups in total. The van der Waals surface area contributed by atoms with Crippen molar-refractivity contribution >= 4 is 41.1 Å². The Morgan fingerprint density at radius 3 is 2.36 bits per heavy atom. The van der Waals surface area contributed by atoms with Crippen LogP contribution >= 0.6 is 11.6 Å². The Bertz CT molecular complexity index is 753. The highest BCUT2D eigenvalue weighted by Crippen LogP contribution is 2.37. The number of benzene rings is 1. The molecule has 0 spiro atoms. The first-order valence-corrected chi connectivity index (χ1v) is 7.55. The van der Waals surface area contributed by atoms with E-state index in [1.54, 1.807) is 12.1 Å². The number of carbonyl (C=O) groups is 1. The molecule has 3 rings (SSSR count). The largest absolute Gasteiger partial charge is 0.517 e. The maximum absolute atomic E-state index is 11.8. The van der Waals surface area contributed by atoms with Crippen molar-refractivity contribution in [2.75, 3.05) is 0 Å². The third kappa shape index (κ3) is 2.26.